The first kappa shape index (κ1) is 22.5. The average Bonchev–Trinajstić information content (AvgIpc) is 3.32. The van der Waals surface area contributed by atoms with E-state index in [1.54, 1.807) is 22.9 Å². The Bertz CT molecular complexity index is 1040. The van der Waals surface area contributed by atoms with Gasteiger partial charge in [0, 0.05) is 25.0 Å². The molecule has 2 heterocycles. The first-order valence-electron chi connectivity index (χ1n) is 9.48. The van der Waals surface area contributed by atoms with Gasteiger partial charge in [-0.25, -0.2) is 0 Å². The first-order chi connectivity index (χ1) is 14.5. The lowest BCUT2D eigenvalue weighted by molar-refractivity contribution is -0.113. The third-order valence-electron chi connectivity index (χ3n) is 4.14. The number of rotatable bonds is 9. The second kappa shape index (κ2) is 10.2. The summed E-state index contributed by atoms with van der Waals surface area (Å²) in [5.41, 5.74) is 1.36. The van der Waals surface area contributed by atoms with Gasteiger partial charge in [-0.2, -0.15) is 0 Å². The molecule has 1 N–H and O–H groups in total. The van der Waals surface area contributed by atoms with Gasteiger partial charge in [-0.05, 0) is 39.0 Å². The van der Waals surface area contributed by atoms with Crippen molar-refractivity contribution < 1.29 is 9.53 Å². The van der Waals surface area contributed by atoms with E-state index in [9.17, 15) is 4.79 Å². The van der Waals surface area contributed by atoms with Gasteiger partial charge in [-0.3, -0.25) is 9.48 Å². The molecular weight excluding hydrogens is 447 g/mol. The van der Waals surface area contributed by atoms with E-state index in [1.165, 1.54) is 11.8 Å². The molecule has 3 rings (SSSR count). The highest BCUT2D eigenvalue weighted by atomic mass is 35.5. The van der Waals surface area contributed by atoms with Gasteiger partial charge in [0.15, 0.2) is 11.0 Å². The highest BCUT2D eigenvalue weighted by Crippen LogP contribution is 2.30. The van der Waals surface area contributed by atoms with Crippen LogP contribution < -0.4 is 10.1 Å². The largest absolute Gasteiger partial charge is 0.476 e. The van der Waals surface area contributed by atoms with Crippen LogP contribution in [0, 0.1) is 0 Å². The number of amides is 1. The van der Waals surface area contributed by atoms with Crippen LogP contribution in [0.2, 0.25) is 10.0 Å². The van der Waals surface area contributed by atoms with Crippen molar-refractivity contribution in [2.45, 2.75) is 39.0 Å². The van der Waals surface area contributed by atoms with Gasteiger partial charge in [0.25, 0.3) is 0 Å². The lowest BCUT2D eigenvalue weighted by atomic mass is 10.3. The third kappa shape index (κ3) is 5.08. The average molecular weight is 469 g/mol. The number of hydrogen-bond donors (Lipinski definition) is 1. The Balaban J connectivity index is 1.74. The number of thioether (sulfide) groups is 1. The molecule has 0 aliphatic heterocycles. The number of nitrogens with one attached hydrogen (secondary N) is 1. The maximum Gasteiger partial charge on any atom is 0.243 e. The van der Waals surface area contributed by atoms with Gasteiger partial charge < -0.3 is 14.6 Å². The molecular formula is C19H22Cl2N6O2S. The fourth-order valence-electron chi connectivity index (χ4n) is 2.74. The van der Waals surface area contributed by atoms with Crippen LogP contribution >= 0.6 is 35.0 Å². The number of ether oxygens (including phenoxy) is 1. The minimum Gasteiger partial charge on any atom is -0.476 e. The summed E-state index contributed by atoms with van der Waals surface area (Å²) in [6.07, 6.45) is 1.90. The summed E-state index contributed by atoms with van der Waals surface area (Å²) >= 11 is 13.2. The second-order valence-corrected chi connectivity index (χ2v) is 7.91. The van der Waals surface area contributed by atoms with E-state index < -0.39 is 0 Å². The number of carbonyl (C=O) groups is 1. The Hall–Kier alpha value is -2.23. The molecule has 3 aromatic rings. The van der Waals surface area contributed by atoms with Gasteiger partial charge in [0.2, 0.25) is 11.8 Å². The van der Waals surface area contributed by atoms with Crippen molar-refractivity contribution in [2.75, 3.05) is 17.7 Å². The van der Waals surface area contributed by atoms with Crippen LogP contribution in [0.5, 0.6) is 5.88 Å². The summed E-state index contributed by atoms with van der Waals surface area (Å²) in [4.78, 5) is 12.3. The summed E-state index contributed by atoms with van der Waals surface area (Å²) in [6.45, 7) is 7.78. The SMILES string of the molecule is CCOc1nn(CC)cc1-c1nnc(SCC(=O)Nc2ccc(Cl)c(Cl)c2)n1CC. The molecule has 160 valence electrons. The molecule has 1 amide bonds. The molecule has 0 saturated heterocycles. The van der Waals surface area contributed by atoms with Gasteiger partial charge >= 0.3 is 0 Å². The van der Waals surface area contributed by atoms with Gasteiger partial charge in [0.1, 0.15) is 5.56 Å². The Morgan fingerprint density at radius 3 is 2.63 bits per heavy atom. The molecule has 11 heteroatoms. The molecule has 0 unspecified atom stereocenters. The molecule has 1 aromatic carbocycles. The van der Waals surface area contributed by atoms with Crippen molar-refractivity contribution in [3.8, 4) is 17.3 Å². The smallest absolute Gasteiger partial charge is 0.243 e. The zero-order valence-corrected chi connectivity index (χ0v) is 19.2. The normalized spacial score (nSPS) is 11.0. The number of halogens is 2. The molecule has 0 radical (unpaired) electrons. The summed E-state index contributed by atoms with van der Waals surface area (Å²) in [5, 5.41) is 17.3. The van der Waals surface area contributed by atoms with E-state index in [4.69, 9.17) is 27.9 Å². The number of carbonyl (C=O) groups excluding carboxylic acids is 1. The minimum atomic E-state index is -0.181. The van der Waals surface area contributed by atoms with Crippen molar-refractivity contribution in [3.63, 3.8) is 0 Å². The Morgan fingerprint density at radius 1 is 1.17 bits per heavy atom. The molecule has 0 fully saturated rings. The zero-order valence-electron chi connectivity index (χ0n) is 16.9. The van der Waals surface area contributed by atoms with Crippen molar-refractivity contribution in [2.24, 2.45) is 0 Å². The maximum atomic E-state index is 12.3. The zero-order chi connectivity index (χ0) is 21.7. The maximum absolute atomic E-state index is 12.3. The summed E-state index contributed by atoms with van der Waals surface area (Å²) < 4.78 is 9.40. The Kier molecular flexibility index (Phi) is 7.63. The predicted octanol–water partition coefficient (Wildman–Crippen LogP) is 4.62. The molecule has 30 heavy (non-hydrogen) atoms. The minimum absolute atomic E-state index is 0.172. The number of anilines is 1. The van der Waals surface area contributed by atoms with Crippen molar-refractivity contribution >= 4 is 46.6 Å². The molecule has 2 aromatic heterocycles. The number of nitrogens with zero attached hydrogens (tertiary/aromatic N) is 5. The van der Waals surface area contributed by atoms with E-state index in [0.717, 1.165) is 12.1 Å². The van der Waals surface area contributed by atoms with Crippen molar-refractivity contribution in [1.29, 1.82) is 0 Å². The first-order valence-corrected chi connectivity index (χ1v) is 11.2. The lowest BCUT2D eigenvalue weighted by Gasteiger charge is -2.08. The summed E-state index contributed by atoms with van der Waals surface area (Å²) in [7, 11) is 0. The number of benzene rings is 1. The van der Waals surface area contributed by atoms with Gasteiger partial charge in [-0.1, -0.05) is 35.0 Å². The van der Waals surface area contributed by atoms with Crippen LogP contribution in [0.1, 0.15) is 20.8 Å². The standard InChI is InChI=1S/C19H22Cl2N6O2S/c1-4-26-10-13(18(25-26)29-6-3)17-23-24-19(27(17)5-2)30-11-16(28)22-12-7-8-14(20)15(21)9-12/h7-10H,4-6,11H2,1-3H3,(H,22,28). The number of hydrogen-bond acceptors (Lipinski definition) is 6. The Labute approximate surface area is 188 Å². The van der Waals surface area contributed by atoms with Crippen LogP contribution in [0.15, 0.2) is 29.6 Å². The third-order valence-corrected chi connectivity index (χ3v) is 5.85. The fourth-order valence-corrected chi connectivity index (χ4v) is 3.84. The van der Waals surface area contributed by atoms with E-state index in [2.05, 4.69) is 20.6 Å². The molecule has 0 bridgehead atoms. The van der Waals surface area contributed by atoms with E-state index in [1.807, 2.05) is 31.5 Å². The fraction of sp³-hybridized carbons (Fsp3) is 0.368. The summed E-state index contributed by atoms with van der Waals surface area (Å²) in [5.74, 6) is 1.17. The van der Waals surface area contributed by atoms with Gasteiger partial charge in [-0.15, -0.1) is 15.3 Å². The summed E-state index contributed by atoms with van der Waals surface area (Å²) in [6, 6.07) is 4.95. The molecule has 0 aliphatic rings. The molecule has 0 aliphatic carbocycles. The monoisotopic (exact) mass is 468 g/mol. The van der Waals surface area contributed by atoms with Crippen LogP contribution in [0.3, 0.4) is 0 Å². The highest BCUT2D eigenvalue weighted by molar-refractivity contribution is 7.99. The van der Waals surface area contributed by atoms with Crippen molar-refractivity contribution in [3.05, 3.63) is 34.4 Å². The molecule has 0 atom stereocenters. The number of aromatic nitrogens is 5. The van der Waals surface area contributed by atoms with Crippen LogP contribution in [-0.2, 0) is 17.9 Å². The topological polar surface area (TPSA) is 86.9 Å². The highest BCUT2D eigenvalue weighted by Gasteiger charge is 2.20. The number of aryl methyl sites for hydroxylation is 1. The molecule has 8 nitrogen and oxygen atoms in total. The van der Waals surface area contributed by atoms with Gasteiger partial charge in [0.05, 0.1) is 22.4 Å². The molecule has 0 spiro atoms. The lowest BCUT2D eigenvalue weighted by Crippen LogP contribution is -2.14. The Morgan fingerprint density at radius 2 is 1.97 bits per heavy atom. The van der Waals surface area contributed by atoms with E-state index in [0.29, 0.717) is 45.7 Å². The predicted molar refractivity (Wildman–Crippen MR) is 120 cm³/mol. The van der Waals surface area contributed by atoms with E-state index >= 15 is 0 Å². The second-order valence-electron chi connectivity index (χ2n) is 6.15. The quantitative estimate of drug-likeness (QED) is 0.461. The van der Waals surface area contributed by atoms with E-state index in [-0.39, 0.29) is 11.7 Å². The molecule has 0 saturated carbocycles. The van der Waals surface area contributed by atoms with Crippen LogP contribution in [-0.4, -0.2) is 42.8 Å². The van der Waals surface area contributed by atoms with Crippen molar-refractivity contribution in [1.82, 2.24) is 24.5 Å². The van der Waals surface area contributed by atoms with Crippen LogP contribution in [0.25, 0.3) is 11.4 Å². The van der Waals surface area contributed by atoms with Crippen LogP contribution in [0.4, 0.5) is 5.69 Å².